The zero-order valence-electron chi connectivity index (χ0n) is 14.1. The van der Waals surface area contributed by atoms with Gasteiger partial charge < -0.3 is 10.6 Å². The Labute approximate surface area is 148 Å². The molecular formula is C20H26N2OS. The van der Waals surface area contributed by atoms with Crippen molar-refractivity contribution >= 4 is 28.4 Å². The van der Waals surface area contributed by atoms with E-state index in [1.54, 1.807) is 0 Å². The van der Waals surface area contributed by atoms with Gasteiger partial charge in [0.2, 0.25) is 5.91 Å². The number of hydrogen-bond acceptors (Lipinski definition) is 3. The molecule has 0 aliphatic carbocycles. The van der Waals surface area contributed by atoms with Gasteiger partial charge in [0.1, 0.15) is 0 Å². The van der Waals surface area contributed by atoms with E-state index in [4.69, 9.17) is 0 Å². The molecule has 1 saturated heterocycles. The summed E-state index contributed by atoms with van der Waals surface area (Å²) >= 11 is 1.88. The van der Waals surface area contributed by atoms with E-state index < -0.39 is 0 Å². The number of nitrogens with one attached hydrogen (secondary N) is 2. The number of carbonyl (C=O) groups is 1. The molecule has 2 aromatic carbocycles. The van der Waals surface area contributed by atoms with E-state index >= 15 is 0 Å². The molecule has 0 radical (unpaired) electrons. The summed E-state index contributed by atoms with van der Waals surface area (Å²) in [5, 5.41) is 9.03. The van der Waals surface area contributed by atoms with Gasteiger partial charge in [-0.15, -0.1) is 0 Å². The molecule has 1 heterocycles. The van der Waals surface area contributed by atoms with Gasteiger partial charge in [-0.3, -0.25) is 4.79 Å². The SMILES string of the molecule is O=C(CCC1CCNC1)NCCSCc1cccc2ccccc12. The molecule has 4 heteroatoms. The maximum absolute atomic E-state index is 11.9. The number of amides is 1. The summed E-state index contributed by atoms with van der Waals surface area (Å²) in [5.41, 5.74) is 1.37. The molecule has 3 rings (SSSR count). The van der Waals surface area contributed by atoms with Gasteiger partial charge in [-0.1, -0.05) is 42.5 Å². The lowest BCUT2D eigenvalue weighted by molar-refractivity contribution is -0.121. The van der Waals surface area contributed by atoms with E-state index in [1.807, 2.05) is 11.8 Å². The van der Waals surface area contributed by atoms with Gasteiger partial charge in [-0.05, 0) is 48.2 Å². The van der Waals surface area contributed by atoms with E-state index in [0.29, 0.717) is 12.3 Å². The van der Waals surface area contributed by atoms with Crippen molar-refractivity contribution in [2.24, 2.45) is 5.92 Å². The van der Waals surface area contributed by atoms with Crippen LogP contribution in [-0.2, 0) is 10.5 Å². The molecule has 1 amide bonds. The molecule has 2 aromatic rings. The summed E-state index contributed by atoms with van der Waals surface area (Å²) in [5.74, 6) is 2.84. The largest absolute Gasteiger partial charge is 0.355 e. The number of fused-ring (bicyclic) bond motifs is 1. The molecule has 1 aliphatic heterocycles. The quantitative estimate of drug-likeness (QED) is 0.721. The lowest BCUT2D eigenvalue weighted by atomic mass is 10.0. The molecule has 0 bridgehead atoms. The third-order valence-electron chi connectivity index (χ3n) is 4.65. The minimum absolute atomic E-state index is 0.202. The van der Waals surface area contributed by atoms with E-state index in [9.17, 15) is 4.79 Å². The van der Waals surface area contributed by atoms with Crippen LogP contribution in [0.1, 0.15) is 24.8 Å². The summed E-state index contributed by atoms with van der Waals surface area (Å²) in [6, 6.07) is 15.0. The Morgan fingerprint density at radius 1 is 1.21 bits per heavy atom. The highest BCUT2D eigenvalue weighted by Gasteiger charge is 2.15. The summed E-state index contributed by atoms with van der Waals surface area (Å²) in [6.07, 6.45) is 2.90. The second-order valence-electron chi connectivity index (χ2n) is 6.44. The van der Waals surface area contributed by atoms with Gasteiger partial charge in [0.05, 0.1) is 0 Å². The summed E-state index contributed by atoms with van der Waals surface area (Å²) < 4.78 is 0. The smallest absolute Gasteiger partial charge is 0.220 e. The van der Waals surface area contributed by atoms with Crippen molar-refractivity contribution in [3.8, 4) is 0 Å². The third kappa shape index (κ3) is 4.99. The van der Waals surface area contributed by atoms with E-state index in [1.165, 1.54) is 22.8 Å². The van der Waals surface area contributed by atoms with Crippen LogP contribution in [0.4, 0.5) is 0 Å². The molecule has 1 atom stereocenters. The van der Waals surface area contributed by atoms with Crippen molar-refractivity contribution < 1.29 is 4.79 Å². The average molecular weight is 343 g/mol. The third-order valence-corrected chi connectivity index (χ3v) is 5.66. The molecular weight excluding hydrogens is 316 g/mol. The van der Waals surface area contributed by atoms with Gasteiger partial charge >= 0.3 is 0 Å². The number of benzene rings is 2. The fourth-order valence-corrected chi connectivity index (χ4v) is 4.11. The van der Waals surface area contributed by atoms with Crippen molar-refractivity contribution in [3.05, 3.63) is 48.0 Å². The monoisotopic (exact) mass is 342 g/mol. The molecule has 0 aromatic heterocycles. The maximum atomic E-state index is 11.9. The van der Waals surface area contributed by atoms with Crippen LogP contribution in [0.5, 0.6) is 0 Å². The number of hydrogen-bond donors (Lipinski definition) is 2. The number of carbonyl (C=O) groups excluding carboxylic acids is 1. The van der Waals surface area contributed by atoms with Gasteiger partial charge in [0.15, 0.2) is 0 Å². The first-order valence-corrected chi connectivity index (χ1v) is 10.0. The predicted molar refractivity (Wildman–Crippen MR) is 103 cm³/mol. The molecule has 1 aliphatic rings. The molecule has 128 valence electrons. The van der Waals surface area contributed by atoms with Crippen molar-refractivity contribution in [2.75, 3.05) is 25.4 Å². The number of thioether (sulfide) groups is 1. The summed E-state index contributed by atoms with van der Waals surface area (Å²) in [6.45, 7) is 2.95. The summed E-state index contributed by atoms with van der Waals surface area (Å²) in [4.78, 5) is 11.9. The number of rotatable bonds is 8. The van der Waals surface area contributed by atoms with Crippen LogP contribution in [0.2, 0.25) is 0 Å². The Hall–Kier alpha value is -1.52. The van der Waals surface area contributed by atoms with Crippen LogP contribution >= 0.6 is 11.8 Å². The fourth-order valence-electron chi connectivity index (χ4n) is 3.25. The fraction of sp³-hybridized carbons (Fsp3) is 0.450. The highest BCUT2D eigenvalue weighted by Crippen LogP contribution is 2.22. The van der Waals surface area contributed by atoms with Crippen LogP contribution in [0.3, 0.4) is 0 Å². The van der Waals surface area contributed by atoms with E-state index in [-0.39, 0.29) is 5.91 Å². The van der Waals surface area contributed by atoms with Crippen LogP contribution in [-0.4, -0.2) is 31.3 Å². The second-order valence-corrected chi connectivity index (χ2v) is 7.54. The molecule has 0 saturated carbocycles. The van der Waals surface area contributed by atoms with Crippen LogP contribution in [0.15, 0.2) is 42.5 Å². The first-order valence-electron chi connectivity index (χ1n) is 8.85. The van der Waals surface area contributed by atoms with Gasteiger partial charge in [0, 0.05) is 24.5 Å². The minimum Gasteiger partial charge on any atom is -0.355 e. The van der Waals surface area contributed by atoms with Crippen molar-refractivity contribution in [1.82, 2.24) is 10.6 Å². The predicted octanol–water partition coefficient (Wildman–Crippen LogP) is 3.58. The first-order chi connectivity index (χ1) is 11.8. The van der Waals surface area contributed by atoms with E-state index in [0.717, 1.165) is 37.6 Å². The zero-order valence-corrected chi connectivity index (χ0v) is 14.9. The second kappa shape index (κ2) is 9.09. The molecule has 0 spiro atoms. The lowest BCUT2D eigenvalue weighted by Crippen LogP contribution is -2.26. The molecule has 2 N–H and O–H groups in total. The summed E-state index contributed by atoms with van der Waals surface area (Å²) in [7, 11) is 0. The Balaban J connectivity index is 1.34. The highest BCUT2D eigenvalue weighted by atomic mass is 32.2. The molecule has 24 heavy (non-hydrogen) atoms. The van der Waals surface area contributed by atoms with Crippen molar-refractivity contribution in [3.63, 3.8) is 0 Å². The van der Waals surface area contributed by atoms with Crippen LogP contribution in [0.25, 0.3) is 10.8 Å². The minimum atomic E-state index is 0.202. The molecule has 1 fully saturated rings. The van der Waals surface area contributed by atoms with E-state index in [2.05, 4.69) is 53.1 Å². The Morgan fingerprint density at radius 3 is 2.96 bits per heavy atom. The zero-order chi connectivity index (χ0) is 16.6. The Morgan fingerprint density at radius 2 is 2.08 bits per heavy atom. The Bertz CT molecular complexity index is 662. The molecule has 3 nitrogen and oxygen atoms in total. The van der Waals surface area contributed by atoms with Crippen LogP contribution in [0, 0.1) is 5.92 Å². The molecule has 1 unspecified atom stereocenters. The normalized spacial score (nSPS) is 17.2. The van der Waals surface area contributed by atoms with Gasteiger partial charge in [-0.2, -0.15) is 11.8 Å². The average Bonchev–Trinajstić information content (AvgIpc) is 3.13. The topological polar surface area (TPSA) is 41.1 Å². The van der Waals surface area contributed by atoms with Crippen molar-refractivity contribution in [2.45, 2.75) is 25.0 Å². The van der Waals surface area contributed by atoms with Gasteiger partial charge in [0.25, 0.3) is 0 Å². The lowest BCUT2D eigenvalue weighted by Gasteiger charge is -2.09. The standard InChI is InChI=1S/C20H26N2OS/c23-20(9-8-16-10-11-21-14-16)22-12-13-24-15-18-6-3-5-17-4-1-2-7-19(17)18/h1-7,16,21H,8-15H2,(H,22,23). The van der Waals surface area contributed by atoms with Crippen LogP contribution < -0.4 is 10.6 Å². The van der Waals surface area contributed by atoms with Crippen molar-refractivity contribution in [1.29, 1.82) is 0 Å². The Kier molecular flexibility index (Phi) is 6.56. The van der Waals surface area contributed by atoms with Gasteiger partial charge in [-0.25, -0.2) is 0 Å². The highest BCUT2D eigenvalue weighted by molar-refractivity contribution is 7.98. The first kappa shape index (κ1) is 17.3. The maximum Gasteiger partial charge on any atom is 0.220 e.